The predicted molar refractivity (Wildman–Crippen MR) is 96.4 cm³/mol. The molecule has 0 radical (unpaired) electrons. The van der Waals surface area contributed by atoms with E-state index in [9.17, 15) is 0 Å². The van der Waals surface area contributed by atoms with E-state index in [2.05, 4.69) is 53.3 Å². The summed E-state index contributed by atoms with van der Waals surface area (Å²) < 4.78 is 6.38. The van der Waals surface area contributed by atoms with Gasteiger partial charge in [-0.05, 0) is 40.9 Å². The molecule has 0 bridgehead atoms. The van der Waals surface area contributed by atoms with E-state index in [1.54, 1.807) is 7.11 Å². The minimum atomic E-state index is 0.578. The van der Waals surface area contributed by atoms with Gasteiger partial charge in [0.15, 0.2) is 0 Å². The van der Waals surface area contributed by atoms with Gasteiger partial charge in [0, 0.05) is 17.8 Å². The van der Waals surface area contributed by atoms with Gasteiger partial charge in [0.25, 0.3) is 0 Å². The van der Waals surface area contributed by atoms with Gasteiger partial charge in [0.1, 0.15) is 5.75 Å². The van der Waals surface area contributed by atoms with Crippen molar-refractivity contribution in [3.05, 3.63) is 22.7 Å². The lowest BCUT2D eigenvalue weighted by molar-refractivity contribution is 0.412. The van der Waals surface area contributed by atoms with Crippen LogP contribution in [-0.4, -0.2) is 13.2 Å². The molecule has 0 heterocycles. The van der Waals surface area contributed by atoms with E-state index in [0.29, 0.717) is 6.04 Å². The Morgan fingerprint density at radius 3 is 2.19 bits per heavy atom. The number of unbranched alkanes of at least 4 members (excludes halogenated alkanes) is 4. The van der Waals surface area contributed by atoms with E-state index in [1.165, 1.54) is 51.4 Å². The summed E-state index contributed by atoms with van der Waals surface area (Å²) in [7, 11) is 1.71. The first-order valence-corrected chi connectivity index (χ1v) is 9.10. The third kappa shape index (κ3) is 7.21. The van der Waals surface area contributed by atoms with Crippen molar-refractivity contribution in [2.75, 3.05) is 12.4 Å². The van der Waals surface area contributed by atoms with E-state index >= 15 is 0 Å². The number of ether oxygens (including phenoxy) is 1. The molecule has 0 aliphatic rings. The zero-order chi connectivity index (χ0) is 15.5. The minimum absolute atomic E-state index is 0.578. The van der Waals surface area contributed by atoms with E-state index in [0.717, 1.165) is 15.9 Å². The molecular formula is C18H30BrNO. The smallest absolute Gasteiger partial charge is 0.135 e. The first-order valence-electron chi connectivity index (χ1n) is 8.31. The number of rotatable bonds is 11. The Morgan fingerprint density at radius 1 is 1.05 bits per heavy atom. The van der Waals surface area contributed by atoms with Crippen molar-refractivity contribution >= 4 is 21.6 Å². The largest absolute Gasteiger partial charge is 0.495 e. The molecule has 0 fully saturated rings. The number of methoxy groups -OCH3 is 1. The van der Waals surface area contributed by atoms with Crippen LogP contribution in [0, 0.1) is 0 Å². The Labute approximate surface area is 138 Å². The van der Waals surface area contributed by atoms with Crippen LogP contribution in [0.25, 0.3) is 0 Å². The molecule has 3 heteroatoms. The fourth-order valence-electron chi connectivity index (χ4n) is 2.56. The van der Waals surface area contributed by atoms with Crippen LogP contribution in [0.4, 0.5) is 5.69 Å². The van der Waals surface area contributed by atoms with Crippen LogP contribution >= 0.6 is 15.9 Å². The maximum absolute atomic E-state index is 5.38. The molecule has 0 spiro atoms. The van der Waals surface area contributed by atoms with Gasteiger partial charge in [0.2, 0.25) is 0 Å². The average Bonchev–Trinajstić information content (AvgIpc) is 2.49. The third-order valence-corrected chi connectivity index (χ3v) is 4.49. The number of benzene rings is 1. The number of anilines is 1. The summed E-state index contributed by atoms with van der Waals surface area (Å²) in [5.41, 5.74) is 1.16. The molecule has 1 rings (SSSR count). The van der Waals surface area contributed by atoms with Crippen LogP contribution < -0.4 is 10.1 Å². The molecule has 0 saturated heterocycles. The SMILES string of the molecule is CCCCCC(CCCCC)Nc1ccc(Br)c(OC)c1. The molecule has 120 valence electrons. The standard InChI is InChI=1S/C18H30BrNO/c1-4-6-8-10-15(11-9-7-5-2)20-16-12-13-17(19)18(14-16)21-3/h12-15,20H,4-11H2,1-3H3. The summed E-state index contributed by atoms with van der Waals surface area (Å²) in [4.78, 5) is 0. The lowest BCUT2D eigenvalue weighted by atomic mass is 10.0. The summed E-state index contributed by atoms with van der Waals surface area (Å²) in [6.07, 6.45) is 10.4. The second-order valence-corrected chi connectivity index (χ2v) is 6.54. The van der Waals surface area contributed by atoms with Gasteiger partial charge in [-0.25, -0.2) is 0 Å². The maximum atomic E-state index is 5.38. The predicted octanol–water partition coefficient (Wildman–Crippen LogP) is 6.40. The molecule has 0 amide bonds. The summed E-state index contributed by atoms with van der Waals surface area (Å²) in [5, 5.41) is 3.70. The number of halogens is 1. The highest BCUT2D eigenvalue weighted by Crippen LogP contribution is 2.29. The molecule has 0 aliphatic carbocycles. The molecule has 0 saturated carbocycles. The zero-order valence-corrected chi connectivity index (χ0v) is 15.3. The van der Waals surface area contributed by atoms with Crippen molar-refractivity contribution in [2.45, 2.75) is 71.3 Å². The minimum Gasteiger partial charge on any atom is -0.495 e. The van der Waals surface area contributed by atoms with Gasteiger partial charge in [0.05, 0.1) is 11.6 Å². The van der Waals surface area contributed by atoms with Gasteiger partial charge < -0.3 is 10.1 Å². The highest BCUT2D eigenvalue weighted by atomic mass is 79.9. The van der Waals surface area contributed by atoms with Crippen LogP contribution in [0.2, 0.25) is 0 Å². The van der Waals surface area contributed by atoms with Gasteiger partial charge in [-0.1, -0.05) is 52.4 Å². The molecular weight excluding hydrogens is 326 g/mol. The van der Waals surface area contributed by atoms with Gasteiger partial charge in [-0.15, -0.1) is 0 Å². The van der Waals surface area contributed by atoms with Crippen LogP contribution in [0.3, 0.4) is 0 Å². The Kier molecular flexibility index (Phi) is 9.56. The molecule has 0 aliphatic heterocycles. The van der Waals surface area contributed by atoms with Crippen molar-refractivity contribution in [1.29, 1.82) is 0 Å². The molecule has 1 N–H and O–H groups in total. The highest BCUT2D eigenvalue weighted by molar-refractivity contribution is 9.10. The summed E-state index contributed by atoms with van der Waals surface area (Å²) in [5.74, 6) is 0.890. The van der Waals surface area contributed by atoms with Crippen LogP contribution in [-0.2, 0) is 0 Å². The van der Waals surface area contributed by atoms with E-state index in [4.69, 9.17) is 4.74 Å². The fraction of sp³-hybridized carbons (Fsp3) is 0.667. The van der Waals surface area contributed by atoms with Crippen molar-refractivity contribution in [3.8, 4) is 5.75 Å². The molecule has 1 aromatic carbocycles. The normalized spacial score (nSPS) is 10.9. The van der Waals surface area contributed by atoms with E-state index in [-0.39, 0.29) is 0 Å². The molecule has 0 atom stereocenters. The third-order valence-electron chi connectivity index (χ3n) is 3.83. The van der Waals surface area contributed by atoms with Crippen LogP contribution in [0.5, 0.6) is 5.75 Å². The Balaban J connectivity index is 2.60. The Hall–Kier alpha value is -0.700. The zero-order valence-electron chi connectivity index (χ0n) is 13.8. The lowest BCUT2D eigenvalue weighted by Gasteiger charge is -2.20. The first-order chi connectivity index (χ1) is 10.2. The second kappa shape index (κ2) is 10.9. The number of hydrogen-bond donors (Lipinski definition) is 1. The lowest BCUT2D eigenvalue weighted by Crippen LogP contribution is -2.19. The molecule has 1 aromatic rings. The Morgan fingerprint density at radius 2 is 1.67 bits per heavy atom. The van der Waals surface area contributed by atoms with Crippen molar-refractivity contribution < 1.29 is 4.74 Å². The topological polar surface area (TPSA) is 21.3 Å². The monoisotopic (exact) mass is 355 g/mol. The molecule has 21 heavy (non-hydrogen) atoms. The molecule has 0 unspecified atom stereocenters. The first kappa shape index (κ1) is 18.3. The van der Waals surface area contributed by atoms with E-state index < -0.39 is 0 Å². The van der Waals surface area contributed by atoms with Crippen molar-refractivity contribution in [2.24, 2.45) is 0 Å². The summed E-state index contributed by atoms with van der Waals surface area (Å²) >= 11 is 3.51. The fourth-order valence-corrected chi connectivity index (χ4v) is 2.96. The van der Waals surface area contributed by atoms with Crippen molar-refractivity contribution in [1.82, 2.24) is 0 Å². The average molecular weight is 356 g/mol. The highest BCUT2D eigenvalue weighted by Gasteiger charge is 2.09. The van der Waals surface area contributed by atoms with E-state index in [1.807, 2.05) is 0 Å². The quantitative estimate of drug-likeness (QED) is 0.463. The number of hydrogen-bond acceptors (Lipinski definition) is 2. The van der Waals surface area contributed by atoms with Gasteiger partial charge in [-0.3, -0.25) is 0 Å². The molecule has 2 nitrogen and oxygen atoms in total. The van der Waals surface area contributed by atoms with Crippen LogP contribution in [0.15, 0.2) is 22.7 Å². The van der Waals surface area contributed by atoms with Gasteiger partial charge in [-0.2, -0.15) is 0 Å². The summed E-state index contributed by atoms with van der Waals surface area (Å²) in [6.45, 7) is 4.53. The maximum Gasteiger partial charge on any atom is 0.135 e. The number of nitrogens with one attached hydrogen (secondary N) is 1. The van der Waals surface area contributed by atoms with Crippen molar-refractivity contribution in [3.63, 3.8) is 0 Å². The van der Waals surface area contributed by atoms with Crippen LogP contribution in [0.1, 0.15) is 65.2 Å². The van der Waals surface area contributed by atoms with Gasteiger partial charge >= 0.3 is 0 Å². The second-order valence-electron chi connectivity index (χ2n) is 5.68. The Bertz CT molecular complexity index is 385. The summed E-state index contributed by atoms with van der Waals surface area (Å²) in [6, 6.07) is 6.83. The molecule has 0 aromatic heterocycles.